The molecule has 0 aromatic heterocycles. The average Bonchev–Trinajstić information content (AvgIpc) is 2.34. The minimum absolute atomic E-state index is 0.407. The number of nitrogens with two attached hydrogens (primary N) is 1. The molecular formula is C13H10BrCl2NO. The Hall–Kier alpha value is -0.740. The van der Waals surface area contributed by atoms with Crippen LogP contribution >= 0.6 is 39.1 Å². The molecule has 0 heterocycles. The SMILES string of the molecule is NCc1ccc(Br)cc1Oc1ccc(Cl)c(Cl)c1. The molecule has 0 spiro atoms. The van der Waals surface area contributed by atoms with Crippen LogP contribution in [0.4, 0.5) is 0 Å². The number of hydrogen-bond donors (Lipinski definition) is 1. The molecule has 0 bridgehead atoms. The lowest BCUT2D eigenvalue weighted by atomic mass is 10.2. The summed E-state index contributed by atoms with van der Waals surface area (Å²) in [6.07, 6.45) is 0. The van der Waals surface area contributed by atoms with Crippen molar-refractivity contribution in [3.05, 3.63) is 56.5 Å². The van der Waals surface area contributed by atoms with E-state index in [1.807, 2.05) is 18.2 Å². The molecule has 0 aliphatic heterocycles. The van der Waals surface area contributed by atoms with Crippen molar-refractivity contribution in [3.63, 3.8) is 0 Å². The first kappa shape index (κ1) is 13.7. The smallest absolute Gasteiger partial charge is 0.133 e. The van der Waals surface area contributed by atoms with Gasteiger partial charge in [0.2, 0.25) is 0 Å². The van der Waals surface area contributed by atoms with Crippen LogP contribution in [0.5, 0.6) is 11.5 Å². The molecule has 5 heteroatoms. The summed E-state index contributed by atoms with van der Waals surface area (Å²) < 4.78 is 6.69. The molecule has 2 rings (SSSR count). The molecule has 2 aromatic rings. The maximum Gasteiger partial charge on any atom is 0.133 e. The lowest BCUT2D eigenvalue weighted by Gasteiger charge is -2.11. The molecule has 0 fully saturated rings. The van der Waals surface area contributed by atoms with Crippen LogP contribution in [0, 0.1) is 0 Å². The topological polar surface area (TPSA) is 35.2 Å². The third-order valence-corrected chi connectivity index (χ3v) is 3.60. The third-order valence-electron chi connectivity index (χ3n) is 2.37. The lowest BCUT2D eigenvalue weighted by molar-refractivity contribution is 0.476. The summed E-state index contributed by atoms with van der Waals surface area (Å²) in [5.41, 5.74) is 6.59. The van der Waals surface area contributed by atoms with Crippen LogP contribution in [-0.4, -0.2) is 0 Å². The van der Waals surface area contributed by atoms with Gasteiger partial charge in [-0.3, -0.25) is 0 Å². The van der Waals surface area contributed by atoms with E-state index >= 15 is 0 Å². The van der Waals surface area contributed by atoms with E-state index in [1.54, 1.807) is 18.2 Å². The van der Waals surface area contributed by atoms with E-state index in [9.17, 15) is 0 Å². The van der Waals surface area contributed by atoms with Crippen molar-refractivity contribution < 1.29 is 4.74 Å². The molecule has 0 atom stereocenters. The molecule has 2 nitrogen and oxygen atoms in total. The zero-order valence-corrected chi connectivity index (χ0v) is 12.4. The van der Waals surface area contributed by atoms with E-state index in [0.29, 0.717) is 28.1 Å². The second-order valence-electron chi connectivity index (χ2n) is 3.63. The first-order chi connectivity index (χ1) is 8.60. The van der Waals surface area contributed by atoms with Crippen LogP contribution in [0.1, 0.15) is 5.56 Å². The molecule has 18 heavy (non-hydrogen) atoms. The summed E-state index contributed by atoms with van der Waals surface area (Å²) in [6.45, 7) is 0.407. The molecule has 0 aliphatic rings. The van der Waals surface area contributed by atoms with E-state index in [0.717, 1.165) is 10.0 Å². The monoisotopic (exact) mass is 345 g/mol. The first-order valence-electron chi connectivity index (χ1n) is 5.21. The number of halogens is 3. The van der Waals surface area contributed by atoms with Gasteiger partial charge in [-0.2, -0.15) is 0 Å². The Bertz CT molecular complexity index is 575. The summed E-state index contributed by atoms with van der Waals surface area (Å²) in [7, 11) is 0. The average molecular weight is 347 g/mol. The quantitative estimate of drug-likeness (QED) is 0.848. The Morgan fingerprint density at radius 3 is 2.50 bits per heavy atom. The number of hydrogen-bond acceptors (Lipinski definition) is 2. The highest BCUT2D eigenvalue weighted by Crippen LogP contribution is 2.32. The van der Waals surface area contributed by atoms with Crippen molar-refractivity contribution in [2.45, 2.75) is 6.54 Å². The van der Waals surface area contributed by atoms with Crippen LogP contribution in [-0.2, 0) is 6.54 Å². The standard InChI is InChI=1S/C13H10BrCl2NO/c14-9-2-1-8(7-17)13(5-9)18-10-3-4-11(15)12(16)6-10/h1-6H,7,17H2. The molecule has 0 saturated carbocycles. The highest BCUT2D eigenvalue weighted by atomic mass is 79.9. The molecule has 0 radical (unpaired) electrons. The molecule has 0 unspecified atom stereocenters. The van der Waals surface area contributed by atoms with Gasteiger partial charge in [0.25, 0.3) is 0 Å². The van der Waals surface area contributed by atoms with Crippen molar-refractivity contribution in [1.82, 2.24) is 0 Å². The molecule has 2 aromatic carbocycles. The fourth-order valence-corrected chi connectivity index (χ4v) is 2.09. The fourth-order valence-electron chi connectivity index (χ4n) is 1.46. The Kier molecular flexibility index (Phi) is 4.51. The van der Waals surface area contributed by atoms with E-state index in [4.69, 9.17) is 33.7 Å². The summed E-state index contributed by atoms with van der Waals surface area (Å²) in [5.74, 6) is 1.32. The summed E-state index contributed by atoms with van der Waals surface area (Å²) >= 11 is 15.2. The number of rotatable bonds is 3. The Labute approximate surface area is 124 Å². The van der Waals surface area contributed by atoms with Crippen molar-refractivity contribution in [3.8, 4) is 11.5 Å². The van der Waals surface area contributed by atoms with Crippen LogP contribution in [0.15, 0.2) is 40.9 Å². The van der Waals surface area contributed by atoms with Gasteiger partial charge in [-0.25, -0.2) is 0 Å². The van der Waals surface area contributed by atoms with Gasteiger partial charge in [0, 0.05) is 22.6 Å². The van der Waals surface area contributed by atoms with Gasteiger partial charge in [0.05, 0.1) is 10.0 Å². The number of benzene rings is 2. The van der Waals surface area contributed by atoms with E-state index in [1.165, 1.54) is 0 Å². The van der Waals surface area contributed by atoms with Crippen molar-refractivity contribution in [2.75, 3.05) is 0 Å². The van der Waals surface area contributed by atoms with Crippen molar-refractivity contribution >= 4 is 39.1 Å². The van der Waals surface area contributed by atoms with E-state index in [2.05, 4.69) is 15.9 Å². The summed E-state index contributed by atoms with van der Waals surface area (Å²) in [4.78, 5) is 0. The lowest BCUT2D eigenvalue weighted by Crippen LogP contribution is -1.99. The van der Waals surface area contributed by atoms with Crippen LogP contribution in [0.25, 0.3) is 0 Å². The molecule has 0 saturated heterocycles. The Balaban J connectivity index is 2.33. The van der Waals surface area contributed by atoms with Gasteiger partial charge in [0.1, 0.15) is 11.5 Å². The summed E-state index contributed by atoms with van der Waals surface area (Å²) in [6, 6.07) is 10.8. The first-order valence-corrected chi connectivity index (χ1v) is 6.76. The van der Waals surface area contributed by atoms with Gasteiger partial charge < -0.3 is 10.5 Å². The maximum absolute atomic E-state index is 5.94. The van der Waals surface area contributed by atoms with Gasteiger partial charge >= 0.3 is 0 Å². The van der Waals surface area contributed by atoms with Crippen molar-refractivity contribution in [1.29, 1.82) is 0 Å². The van der Waals surface area contributed by atoms with E-state index in [-0.39, 0.29) is 0 Å². The highest BCUT2D eigenvalue weighted by Gasteiger charge is 2.06. The molecule has 0 aliphatic carbocycles. The predicted molar refractivity (Wildman–Crippen MR) is 78.6 cm³/mol. The van der Waals surface area contributed by atoms with Gasteiger partial charge in [-0.1, -0.05) is 45.2 Å². The fraction of sp³-hybridized carbons (Fsp3) is 0.0769. The minimum atomic E-state index is 0.407. The molecule has 0 amide bonds. The zero-order valence-electron chi connectivity index (χ0n) is 9.29. The number of ether oxygens (including phenoxy) is 1. The summed E-state index contributed by atoms with van der Waals surface area (Å²) in [5, 5.41) is 0.954. The van der Waals surface area contributed by atoms with Gasteiger partial charge in [0.15, 0.2) is 0 Å². The Morgan fingerprint density at radius 2 is 1.83 bits per heavy atom. The van der Waals surface area contributed by atoms with Crippen LogP contribution in [0.3, 0.4) is 0 Å². The largest absolute Gasteiger partial charge is 0.457 e. The zero-order chi connectivity index (χ0) is 13.1. The Morgan fingerprint density at radius 1 is 1.06 bits per heavy atom. The normalized spacial score (nSPS) is 10.4. The highest BCUT2D eigenvalue weighted by molar-refractivity contribution is 9.10. The van der Waals surface area contributed by atoms with Crippen LogP contribution in [0.2, 0.25) is 10.0 Å². The van der Waals surface area contributed by atoms with E-state index < -0.39 is 0 Å². The molecule has 2 N–H and O–H groups in total. The van der Waals surface area contributed by atoms with Crippen LogP contribution < -0.4 is 10.5 Å². The molecule has 94 valence electrons. The third kappa shape index (κ3) is 3.18. The second-order valence-corrected chi connectivity index (χ2v) is 5.36. The van der Waals surface area contributed by atoms with Crippen molar-refractivity contribution in [2.24, 2.45) is 5.73 Å². The molecular weight excluding hydrogens is 337 g/mol. The van der Waals surface area contributed by atoms with Gasteiger partial charge in [-0.15, -0.1) is 0 Å². The minimum Gasteiger partial charge on any atom is -0.457 e. The maximum atomic E-state index is 5.94. The predicted octanol–water partition coefficient (Wildman–Crippen LogP) is 5.01. The van der Waals surface area contributed by atoms with Gasteiger partial charge in [-0.05, 0) is 24.3 Å². The second kappa shape index (κ2) is 5.93.